The Morgan fingerprint density at radius 1 is 1.12 bits per heavy atom. The molecule has 0 bridgehead atoms. The van der Waals surface area contributed by atoms with Crippen LogP contribution in [-0.2, 0) is 9.59 Å². The SMILES string of the molecule is COc1ccc(/C=C(/C#N)C(=O)Nc2ccc(NC(C)=O)cc2)cc1Cl. The van der Waals surface area contributed by atoms with E-state index in [0.29, 0.717) is 27.7 Å². The number of nitrogens with zero attached hydrogens (tertiary/aromatic N) is 1. The Balaban J connectivity index is 2.14. The summed E-state index contributed by atoms with van der Waals surface area (Å²) in [5, 5.41) is 14.9. The zero-order chi connectivity index (χ0) is 19.1. The second-order valence-corrected chi connectivity index (χ2v) is 5.68. The van der Waals surface area contributed by atoms with Gasteiger partial charge in [0.1, 0.15) is 17.4 Å². The van der Waals surface area contributed by atoms with Crippen LogP contribution in [0.4, 0.5) is 11.4 Å². The highest BCUT2D eigenvalue weighted by Crippen LogP contribution is 2.26. The highest BCUT2D eigenvalue weighted by atomic mass is 35.5. The van der Waals surface area contributed by atoms with Gasteiger partial charge in [0.05, 0.1) is 12.1 Å². The van der Waals surface area contributed by atoms with Gasteiger partial charge in [-0.3, -0.25) is 9.59 Å². The van der Waals surface area contributed by atoms with Gasteiger partial charge in [0, 0.05) is 18.3 Å². The summed E-state index contributed by atoms with van der Waals surface area (Å²) >= 11 is 6.05. The van der Waals surface area contributed by atoms with Gasteiger partial charge in [0.2, 0.25) is 5.91 Å². The van der Waals surface area contributed by atoms with Crippen LogP contribution in [0.25, 0.3) is 6.08 Å². The van der Waals surface area contributed by atoms with Crippen molar-refractivity contribution >= 4 is 40.9 Å². The summed E-state index contributed by atoms with van der Waals surface area (Å²) in [4.78, 5) is 23.3. The molecule has 0 aliphatic rings. The lowest BCUT2D eigenvalue weighted by atomic mass is 10.1. The van der Waals surface area contributed by atoms with E-state index in [1.54, 1.807) is 42.5 Å². The van der Waals surface area contributed by atoms with Crippen molar-refractivity contribution < 1.29 is 14.3 Å². The maximum absolute atomic E-state index is 12.3. The van der Waals surface area contributed by atoms with Crippen LogP contribution in [0, 0.1) is 11.3 Å². The average Bonchev–Trinajstić information content (AvgIpc) is 2.61. The number of anilines is 2. The van der Waals surface area contributed by atoms with Gasteiger partial charge in [-0.15, -0.1) is 0 Å². The number of carbonyl (C=O) groups is 2. The second kappa shape index (κ2) is 8.70. The normalized spacial score (nSPS) is 10.6. The van der Waals surface area contributed by atoms with E-state index in [1.807, 2.05) is 6.07 Å². The van der Waals surface area contributed by atoms with Crippen LogP contribution >= 0.6 is 11.6 Å². The fraction of sp³-hybridized carbons (Fsp3) is 0.105. The minimum absolute atomic E-state index is 0.0721. The zero-order valence-corrected chi connectivity index (χ0v) is 14.9. The van der Waals surface area contributed by atoms with Gasteiger partial charge < -0.3 is 15.4 Å². The predicted octanol–water partition coefficient (Wildman–Crippen LogP) is 3.85. The molecular formula is C19H16ClN3O3. The average molecular weight is 370 g/mol. The molecule has 2 aromatic carbocycles. The monoisotopic (exact) mass is 369 g/mol. The summed E-state index contributed by atoms with van der Waals surface area (Å²) in [5.74, 6) is -0.229. The molecule has 6 nitrogen and oxygen atoms in total. The Kier molecular flexibility index (Phi) is 6.36. The fourth-order valence-electron chi connectivity index (χ4n) is 2.13. The summed E-state index contributed by atoms with van der Waals surface area (Å²) < 4.78 is 5.07. The van der Waals surface area contributed by atoms with Crippen LogP contribution in [0.5, 0.6) is 5.75 Å². The van der Waals surface area contributed by atoms with Crippen LogP contribution in [0.1, 0.15) is 12.5 Å². The van der Waals surface area contributed by atoms with Gasteiger partial charge in [0.25, 0.3) is 5.91 Å². The van der Waals surface area contributed by atoms with Crippen LogP contribution in [-0.4, -0.2) is 18.9 Å². The summed E-state index contributed by atoms with van der Waals surface area (Å²) in [5.41, 5.74) is 1.64. The molecule has 0 atom stereocenters. The van der Waals surface area contributed by atoms with Crippen molar-refractivity contribution in [1.29, 1.82) is 5.26 Å². The van der Waals surface area contributed by atoms with Gasteiger partial charge in [-0.05, 0) is 48.0 Å². The molecule has 0 heterocycles. The molecule has 0 aliphatic carbocycles. The number of rotatable bonds is 5. The van der Waals surface area contributed by atoms with E-state index >= 15 is 0 Å². The number of halogens is 1. The van der Waals surface area contributed by atoms with E-state index < -0.39 is 5.91 Å². The van der Waals surface area contributed by atoms with Crippen molar-refractivity contribution in [3.63, 3.8) is 0 Å². The van der Waals surface area contributed by atoms with Crippen molar-refractivity contribution in [3.8, 4) is 11.8 Å². The molecule has 0 aromatic heterocycles. The van der Waals surface area contributed by atoms with Crippen molar-refractivity contribution in [2.24, 2.45) is 0 Å². The van der Waals surface area contributed by atoms with E-state index in [2.05, 4.69) is 10.6 Å². The number of carbonyl (C=O) groups excluding carboxylic acids is 2. The lowest BCUT2D eigenvalue weighted by Gasteiger charge is -2.07. The molecule has 0 spiro atoms. The van der Waals surface area contributed by atoms with E-state index in [9.17, 15) is 14.9 Å². The molecule has 0 saturated carbocycles. The Hall–Kier alpha value is -3.30. The quantitative estimate of drug-likeness (QED) is 0.618. The van der Waals surface area contributed by atoms with Crippen molar-refractivity contribution in [2.45, 2.75) is 6.92 Å². The molecule has 2 amide bonds. The number of nitrogens with one attached hydrogen (secondary N) is 2. The largest absolute Gasteiger partial charge is 0.495 e. The molecule has 132 valence electrons. The first-order valence-corrected chi connectivity index (χ1v) is 7.95. The molecule has 0 fully saturated rings. The Morgan fingerprint density at radius 2 is 1.73 bits per heavy atom. The Morgan fingerprint density at radius 3 is 2.23 bits per heavy atom. The van der Waals surface area contributed by atoms with Crippen LogP contribution in [0.2, 0.25) is 5.02 Å². The number of nitriles is 1. The van der Waals surface area contributed by atoms with Crippen molar-refractivity contribution in [2.75, 3.05) is 17.7 Å². The topological polar surface area (TPSA) is 91.2 Å². The van der Waals surface area contributed by atoms with Gasteiger partial charge in [-0.25, -0.2) is 0 Å². The van der Waals surface area contributed by atoms with E-state index in [1.165, 1.54) is 20.1 Å². The summed E-state index contributed by atoms with van der Waals surface area (Å²) in [6.45, 7) is 1.41. The van der Waals surface area contributed by atoms with Gasteiger partial charge >= 0.3 is 0 Å². The maximum atomic E-state index is 12.3. The minimum atomic E-state index is -0.549. The number of hydrogen-bond donors (Lipinski definition) is 2. The minimum Gasteiger partial charge on any atom is -0.495 e. The standard InChI is InChI=1S/C19H16ClN3O3/c1-12(24)22-15-4-6-16(7-5-15)23-19(25)14(11-21)9-13-3-8-18(26-2)17(20)10-13/h3-10H,1-2H3,(H,22,24)(H,23,25)/b14-9-. The molecular weight excluding hydrogens is 354 g/mol. The number of ether oxygens (including phenoxy) is 1. The highest BCUT2D eigenvalue weighted by molar-refractivity contribution is 6.32. The maximum Gasteiger partial charge on any atom is 0.266 e. The first-order chi connectivity index (χ1) is 12.4. The highest BCUT2D eigenvalue weighted by Gasteiger charge is 2.10. The molecule has 2 rings (SSSR count). The third kappa shape index (κ3) is 5.10. The van der Waals surface area contributed by atoms with Gasteiger partial charge in [-0.2, -0.15) is 5.26 Å². The van der Waals surface area contributed by atoms with Crippen LogP contribution in [0.15, 0.2) is 48.0 Å². The Labute approximate surface area is 156 Å². The fourth-order valence-corrected chi connectivity index (χ4v) is 2.39. The lowest BCUT2D eigenvalue weighted by Crippen LogP contribution is -2.13. The first kappa shape index (κ1) is 19.0. The summed E-state index contributed by atoms with van der Waals surface area (Å²) in [6, 6.07) is 13.4. The molecule has 0 radical (unpaired) electrons. The molecule has 2 N–H and O–H groups in total. The van der Waals surface area contributed by atoms with E-state index in [0.717, 1.165) is 0 Å². The van der Waals surface area contributed by atoms with Crippen LogP contribution in [0.3, 0.4) is 0 Å². The molecule has 2 aromatic rings. The van der Waals surface area contributed by atoms with Crippen molar-refractivity contribution in [1.82, 2.24) is 0 Å². The molecule has 7 heteroatoms. The smallest absolute Gasteiger partial charge is 0.266 e. The molecule has 0 aliphatic heterocycles. The van der Waals surface area contributed by atoms with E-state index in [-0.39, 0.29) is 11.5 Å². The third-order valence-electron chi connectivity index (χ3n) is 3.32. The van der Waals surface area contributed by atoms with Gasteiger partial charge in [0.15, 0.2) is 0 Å². The third-order valence-corrected chi connectivity index (χ3v) is 3.61. The summed E-state index contributed by atoms with van der Waals surface area (Å²) in [7, 11) is 1.50. The zero-order valence-electron chi connectivity index (χ0n) is 14.2. The second-order valence-electron chi connectivity index (χ2n) is 5.28. The van der Waals surface area contributed by atoms with Crippen molar-refractivity contribution in [3.05, 3.63) is 58.6 Å². The van der Waals surface area contributed by atoms with Gasteiger partial charge in [-0.1, -0.05) is 17.7 Å². The lowest BCUT2D eigenvalue weighted by molar-refractivity contribution is -0.114. The number of hydrogen-bond acceptors (Lipinski definition) is 4. The number of amides is 2. The first-order valence-electron chi connectivity index (χ1n) is 7.57. The molecule has 0 saturated heterocycles. The van der Waals surface area contributed by atoms with Crippen LogP contribution < -0.4 is 15.4 Å². The Bertz CT molecular complexity index is 899. The molecule has 26 heavy (non-hydrogen) atoms. The molecule has 0 unspecified atom stereocenters. The van der Waals surface area contributed by atoms with E-state index in [4.69, 9.17) is 16.3 Å². The summed E-state index contributed by atoms with van der Waals surface area (Å²) in [6.07, 6.45) is 1.44. The number of benzene rings is 2. The predicted molar refractivity (Wildman–Crippen MR) is 101 cm³/mol. The number of methoxy groups -OCH3 is 1.